The molecule has 2 aromatic rings. The van der Waals surface area contributed by atoms with Crippen LogP contribution in [0.2, 0.25) is 0 Å². The highest BCUT2D eigenvalue weighted by molar-refractivity contribution is 5.98. The fourth-order valence-electron chi connectivity index (χ4n) is 3.15. The van der Waals surface area contributed by atoms with Crippen LogP contribution in [0.5, 0.6) is 0 Å². The summed E-state index contributed by atoms with van der Waals surface area (Å²) in [6, 6.07) is 1.63. The molecule has 0 radical (unpaired) electrons. The van der Waals surface area contributed by atoms with E-state index < -0.39 is 0 Å². The van der Waals surface area contributed by atoms with E-state index in [1.807, 2.05) is 13.8 Å². The van der Waals surface area contributed by atoms with Gasteiger partial charge in [0, 0.05) is 25.8 Å². The maximum atomic E-state index is 12.9. The van der Waals surface area contributed by atoms with Gasteiger partial charge in [0.1, 0.15) is 17.1 Å². The molecule has 9 nitrogen and oxygen atoms in total. The van der Waals surface area contributed by atoms with E-state index in [4.69, 9.17) is 4.74 Å². The van der Waals surface area contributed by atoms with E-state index in [1.165, 1.54) is 11.4 Å². The Morgan fingerprint density at radius 1 is 1.38 bits per heavy atom. The minimum absolute atomic E-state index is 0.00694. The Balaban J connectivity index is 2.17. The van der Waals surface area contributed by atoms with E-state index in [9.17, 15) is 14.4 Å². The monoisotopic (exact) mass is 361 g/mol. The molecule has 0 saturated carbocycles. The van der Waals surface area contributed by atoms with Crippen molar-refractivity contribution in [3.05, 3.63) is 27.7 Å². The molecule has 0 atom stereocenters. The molecule has 140 valence electrons. The van der Waals surface area contributed by atoms with Crippen LogP contribution in [0.4, 0.5) is 5.82 Å². The van der Waals surface area contributed by atoms with Gasteiger partial charge in [-0.1, -0.05) is 0 Å². The number of aromatic nitrogens is 3. The molecule has 1 aliphatic heterocycles. The van der Waals surface area contributed by atoms with Crippen LogP contribution in [0.15, 0.2) is 10.9 Å². The lowest BCUT2D eigenvalue weighted by molar-refractivity contribution is -0.117. The van der Waals surface area contributed by atoms with Crippen LogP contribution >= 0.6 is 0 Å². The fourth-order valence-corrected chi connectivity index (χ4v) is 3.15. The van der Waals surface area contributed by atoms with Gasteiger partial charge in [0.05, 0.1) is 25.3 Å². The van der Waals surface area contributed by atoms with E-state index in [0.717, 1.165) is 0 Å². The average molecular weight is 361 g/mol. The highest BCUT2D eigenvalue weighted by Gasteiger charge is 2.36. The second-order valence-corrected chi connectivity index (χ2v) is 6.67. The first-order valence-corrected chi connectivity index (χ1v) is 8.53. The zero-order chi connectivity index (χ0) is 19.0. The molecule has 0 aliphatic carbocycles. The lowest BCUT2D eigenvalue weighted by Gasteiger charge is -2.20. The van der Waals surface area contributed by atoms with E-state index in [2.05, 4.69) is 10.4 Å². The summed E-state index contributed by atoms with van der Waals surface area (Å²) in [5, 5.41) is 7.37. The number of ether oxygens (including phenoxy) is 1. The molecular weight excluding hydrogens is 338 g/mol. The molecule has 3 heterocycles. The minimum atomic E-state index is -0.328. The van der Waals surface area contributed by atoms with Crippen LogP contribution < -0.4 is 10.9 Å². The molecule has 9 heteroatoms. The SMILES string of the molecule is COCCNc1cc2n(CC(C)=O)c3c(c(=O)n2n1)CN(C(C)C)C3=O. The minimum Gasteiger partial charge on any atom is -0.383 e. The molecular formula is C17H23N5O4. The predicted octanol–water partition coefficient (Wildman–Crippen LogP) is 0.508. The number of Topliss-reactive ketones (excluding diaryl/α,β-unsaturated/α-hetero) is 1. The van der Waals surface area contributed by atoms with Gasteiger partial charge in [-0.05, 0) is 20.8 Å². The Kier molecular flexibility index (Phi) is 4.82. The van der Waals surface area contributed by atoms with Crippen molar-refractivity contribution in [1.82, 2.24) is 19.1 Å². The zero-order valence-electron chi connectivity index (χ0n) is 15.4. The van der Waals surface area contributed by atoms with Crippen LogP contribution in [0, 0.1) is 0 Å². The predicted molar refractivity (Wildman–Crippen MR) is 95.5 cm³/mol. The molecule has 0 saturated heterocycles. The molecule has 2 aromatic heterocycles. The van der Waals surface area contributed by atoms with Crippen molar-refractivity contribution in [1.29, 1.82) is 0 Å². The number of fused-ring (bicyclic) bond motifs is 2. The number of carbonyl (C=O) groups is 2. The average Bonchev–Trinajstić information content (AvgIpc) is 3.14. The summed E-state index contributed by atoms with van der Waals surface area (Å²) in [4.78, 5) is 39.2. The summed E-state index contributed by atoms with van der Waals surface area (Å²) < 4.78 is 7.85. The van der Waals surface area contributed by atoms with Crippen molar-refractivity contribution >= 4 is 23.2 Å². The highest BCUT2D eigenvalue weighted by Crippen LogP contribution is 2.24. The Labute approximate surface area is 150 Å². The number of carbonyl (C=O) groups excluding carboxylic acids is 2. The number of hydrogen-bond acceptors (Lipinski definition) is 6. The van der Waals surface area contributed by atoms with Gasteiger partial charge in [0.15, 0.2) is 5.82 Å². The molecule has 0 bridgehead atoms. The highest BCUT2D eigenvalue weighted by atomic mass is 16.5. The summed E-state index contributed by atoms with van der Waals surface area (Å²) >= 11 is 0. The molecule has 1 amide bonds. The number of amides is 1. The number of methoxy groups -OCH3 is 1. The van der Waals surface area contributed by atoms with Crippen molar-refractivity contribution in [2.75, 3.05) is 25.6 Å². The summed E-state index contributed by atoms with van der Waals surface area (Å²) in [7, 11) is 1.60. The number of rotatable bonds is 7. The second kappa shape index (κ2) is 6.91. The van der Waals surface area contributed by atoms with Gasteiger partial charge in [-0.3, -0.25) is 14.4 Å². The molecule has 1 N–H and O–H groups in total. The van der Waals surface area contributed by atoms with Crippen LogP contribution in [-0.2, 0) is 22.6 Å². The Morgan fingerprint density at radius 3 is 2.73 bits per heavy atom. The topological polar surface area (TPSA) is 97.9 Å². The third-order valence-corrected chi connectivity index (χ3v) is 4.38. The Morgan fingerprint density at radius 2 is 2.12 bits per heavy atom. The summed E-state index contributed by atoms with van der Waals surface area (Å²) in [6.45, 7) is 6.50. The molecule has 0 aromatic carbocycles. The quantitative estimate of drug-likeness (QED) is 0.722. The van der Waals surface area contributed by atoms with Crippen molar-refractivity contribution < 1.29 is 14.3 Å². The molecule has 0 fully saturated rings. The van der Waals surface area contributed by atoms with Gasteiger partial charge in [-0.15, -0.1) is 5.10 Å². The Bertz CT molecular complexity index is 927. The van der Waals surface area contributed by atoms with Crippen molar-refractivity contribution in [3.63, 3.8) is 0 Å². The van der Waals surface area contributed by atoms with Gasteiger partial charge in [-0.2, -0.15) is 4.52 Å². The summed E-state index contributed by atoms with van der Waals surface area (Å²) in [6.07, 6.45) is 0. The van der Waals surface area contributed by atoms with Gasteiger partial charge >= 0.3 is 0 Å². The number of ketones is 1. The van der Waals surface area contributed by atoms with E-state index in [-0.39, 0.29) is 42.1 Å². The lowest BCUT2D eigenvalue weighted by Crippen LogP contribution is -2.32. The van der Waals surface area contributed by atoms with Gasteiger partial charge in [-0.25, -0.2) is 0 Å². The molecule has 0 unspecified atom stereocenters. The van der Waals surface area contributed by atoms with Gasteiger partial charge < -0.3 is 19.5 Å². The zero-order valence-corrected chi connectivity index (χ0v) is 15.4. The first-order valence-electron chi connectivity index (χ1n) is 8.53. The third-order valence-electron chi connectivity index (χ3n) is 4.38. The largest absolute Gasteiger partial charge is 0.383 e. The number of anilines is 1. The van der Waals surface area contributed by atoms with Crippen LogP contribution in [-0.4, -0.2) is 57.1 Å². The molecule has 0 spiro atoms. The standard InChI is InChI=1S/C17H23N5O4/c1-10(2)20-9-12-15(17(20)25)21(8-11(3)23)14-7-13(18-5-6-26-4)19-22(14)16(12)24/h7,10H,5-6,8-9H2,1-4H3,(H,18,19). The van der Waals surface area contributed by atoms with E-state index >= 15 is 0 Å². The lowest BCUT2D eigenvalue weighted by atomic mass is 10.2. The number of nitrogens with one attached hydrogen (secondary N) is 1. The van der Waals surface area contributed by atoms with Crippen molar-refractivity contribution in [2.24, 2.45) is 0 Å². The summed E-state index contributed by atoms with van der Waals surface area (Å²) in [5.41, 5.74) is 0.757. The van der Waals surface area contributed by atoms with Gasteiger partial charge in [0.2, 0.25) is 0 Å². The van der Waals surface area contributed by atoms with E-state index in [1.54, 1.807) is 22.6 Å². The maximum Gasteiger partial charge on any atom is 0.280 e. The second-order valence-electron chi connectivity index (χ2n) is 6.67. The van der Waals surface area contributed by atoms with Crippen molar-refractivity contribution in [2.45, 2.75) is 39.9 Å². The number of nitrogens with zero attached hydrogens (tertiary/aromatic N) is 4. The first kappa shape index (κ1) is 18.1. The van der Waals surface area contributed by atoms with Crippen LogP contribution in [0.3, 0.4) is 0 Å². The summed E-state index contributed by atoms with van der Waals surface area (Å²) in [5.74, 6) is 0.155. The first-order chi connectivity index (χ1) is 12.3. The third kappa shape index (κ3) is 2.98. The van der Waals surface area contributed by atoms with Crippen LogP contribution in [0.25, 0.3) is 5.65 Å². The molecule has 26 heavy (non-hydrogen) atoms. The van der Waals surface area contributed by atoms with Gasteiger partial charge in [0.25, 0.3) is 11.5 Å². The normalized spacial score (nSPS) is 13.7. The Hall–Kier alpha value is -2.68. The number of hydrogen-bond donors (Lipinski definition) is 1. The fraction of sp³-hybridized carbons (Fsp3) is 0.529. The smallest absolute Gasteiger partial charge is 0.280 e. The van der Waals surface area contributed by atoms with E-state index in [0.29, 0.717) is 30.2 Å². The van der Waals surface area contributed by atoms with Crippen LogP contribution in [0.1, 0.15) is 36.8 Å². The molecule has 1 aliphatic rings. The van der Waals surface area contributed by atoms with Crippen molar-refractivity contribution in [3.8, 4) is 0 Å². The molecule has 3 rings (SSSR count). The maximum absolute atomic E-state index is 12.9.